The Balaban J connectivity index is 1.51. The van der Waals surface area contributed by atoms with E-state index in [1.807, 2.05) is 0 Å². The molecule has 1 fully saturated rings. The third-order valence-corrected chi connectivity index (χ3v) is 6.45. The molecule has 7 N–H and O–H groups in total. The van der Waals surface area contributed by atoms with Crippen molar-refractivity contribution >= 4 is 16.9 Å². The second-order valence-electron chi connectivity index (χ2n) is 9.23. The number of esters is 1. The summed E-state index contributed by atoms with van der Waals surface area (Å²) in [5.41, 5.74) is -1.05. The topological polar surface area (TPSA) is 217 Å². The highest BCUT2D eigenvalue weighted by atomic mass is 16.7. The Morgan fingerprint density at radius 1 is 0.829 bits per heavy atom. The van der Waals surface area contributed by atoms with E-state index in [2.05, 4.69) is 0 Å². The standard InChI is InChI=1S/C28H24O13/c29-14-9-17(32)20-18(10-14)39-25(13-6-7-15(30)16(31)8-13)26(22(20)34)41-28-24(36)23(35)21(33)19(40-28)11-38-27(37)12-4-2-1-3-5-12/h1-10,19,21,23-24,28-33,35-36H,11H2. The lowest BCUT2D eigenvalue weighted by Crippen LogP contribution is -2.60. The second kappa shape index (κ2) is 11.0. The SMILES string of the molecule is O=C(OCC1OC(Oc2c(-c3ccc(O)c(O)c3)oc3cc(O)cc(O)c3c2=O)C(O)C(O)C1O)c1ccccc1. The fourth-order valence-corrected chi connectivity index (χ4v) is 4.31. The van der Waals surface area contributed by atoms with Crippen LogP contribution < -0.4 is 10.2 Å². The molecule has 1 saturated heterocycles. The molecule has 1 aliphatic rings. The van der Waals surface area contributed by atoms with Gasteiger partial charge in [-0.2, -0.15) is 0 Å². The Morgan fingerprint density at radius 3 is 2.27 bits per heavy atom. The molecular formula is C28H24O13. The monoisotopic (exact) mass is 568 g/mol. The third-order valence-electron chi connectivity index (χ3n) is 6.45. The molecule has 13 nitrogen and oxygen atoms in total. The highest BCUT2D eigenvalue weighted by Gasteiger charge is 2.46. The van der Waals surface area contributed by atoms with Crippen LogP contribution in [-0.4, -0.2) is 79.0 Å². The van der Waals surface area contributed by atoms with Crippen molar-refractivity contribution in [2.75, 3.05) is 6.61 Å². The maximum atomic E-state index is 13.5. The van der Waals surface area contributed by atoms with E-state index in [-0.39, 0.29) is 22.5 Å². The summed E-state index contributed by atoms with van der Waals surface area (Å²) in [6.45, 7) is -0.566. The van der Waals surface area contributed by atoms with E-state index in [1.165, 1.54) is 18.2 Å². The van der Waals surface area contributed by atoms with Gasteiger partial charge in [-0.1, -0.05) is 18.2 Å². The molecule has 0 saturated carbocycles. The van der Waals surface area contributed by atoms with Crippen LogP contribution in [0.2, 0.25) is 0 Å². The van der Waals surface area contributed by atoms with Crippen molar-refractivity contribution in [3.05, 3.63) is 76.5 Å². The van der Waals surface area contributed by atoms with Crippen LogP contribution in [0.5, 0.6) is 28.7 Å². The number of benzene rings is 3. The van der Waals surface area contributed by atoms with Gasteiger partial charge in [-0.3, -0.25) is 4.79 Å². The van der Waals surface area contributed by atoms with E-state index in [0.29, 0.717) is 0 Å². The Bertz CT molecular complexity index is 1650. The van der Waals surface area contributed by atoms with Crippen molar-refractivity contribution in [3.8, 4) is 40.1 Å². The molecule has 2 heterocycles. The molecule has 1 aromatic heterocycles. The molecule has 4 aromatic rings. The van der Waals surface area contributed by atoms with Gasteiger partial charge in [0.15, 0.2) is 17.3 Å². The number of aliphatic hydroxyl groups excluding tert-OH is 3. The number of carbonyl (C=O) groups is 1. The van der Waals surface area contributed by atoms with E-state index in [4.69, 9.17) is 18.6 Å². The molecule has 3 aromatic carbocycles. The maximum Gasteiger partial charge on any atom is 0.338 e. The molecule has 0 radical (unpaired) electrons. The molecule has 0 amide bonds. The van der Waals surface area contributed by atoms with Gasteiger partial charge in [-0.25, -0.2) is 4.79 Å². The Labute approximate surface area is 230 Å². The maximum absolute atomic E-state index is 13.5. The van der Waals surface area contributed by atoms with Crippen LogP contribution in [0.1, 0.15) is 10.4 Å². The molecule has 5 rings (SSSR count). The molecule has 41 heavy (non-hydrogen) atoms. The number of fused-ring (bicyclic) bond motifs is 1. The highest BCUT2D eigenvalue weighted by Crippen LogP contribution is 2.39. The van der Waals surface area contributed by atoms with Crippen molar-refractivity contribution in [1.82, 2.24) is 0 Å². The molecule has 214 valence electrons. The van der Waals surface area contributed by atoms with E-state index >= 15 is 0 Å². The van der Waals surface area contributed by atoms with Gasteiger partial charge in [0.05, 0.1) is 5.56 Å². The van der Waals surface area contributed by atoms with Gasteiger partial charge in [-0.15, -0.1) is 0 Å². The lowest BCUT2D eigenvalue weighted by atomic mass is 9.99. The first-order valence-corrected chi connectivity index (χ1v) is 12.2. The largest absolute Gasteiger partial charge is 0.508 e. The van der Waals surface area contributed by atoms with Crippen molar-refractivity contribution in [2.45, 2.75) is 30.7 Å². The lowest BCUT2D eigenvalue weighted by molar-refractivity contribution is -0.277. The number of ether oxygens (including phenoxy) is 3. The third kappa shape index (κ3) is 5.34. The summed E-state index contributed by atoms with van der Waals surface area (Å²) in [5, 5.41) is 71.1. The quantitative estimate of drug-likeness (QED) is 0.129. The van der Waals surface area contributed by atoms with Crippen LogP contribution in [0.25, 0.3) is 22.3 Å². The second-order valence-corrected chi connectivity index (χ2v) is 9.23. The van der Waals surface area contributed by atoms with Crippen LogP contribution in [-0.2, 0) is 9.47 Å². The normalized spacial score (nSPS) is 22.4. The number of rotatable bonds is 6. The van der Waals surface area contributed by atoms with E-state index < -0.39 is 82.8 Å². The summed E-state index contributed by atoms with van der Waals surface area (Å²) in [7, 11) is 0. The summed E-state index contributed by atoms with van der Waals surface area (Å²) >= 11 is 0. The van der Waals surface area contributed by atoms with Crippen LogP contribution in [0.4, 0.5) is 0 Å². The Hall–Kier alpha value is -4.82. The van der Waals surface area contributed by atoms with Crippen LogP contribution >= 0.6 is 0 Å². The van der Waals surface area contributed by atoms with E-state index in [0.717, 1.165) is 24.3 Å². The number of phenolic OH excluding ortho intramolecular Hbond substituents is 4. The summed E-state index contributed by atoms with van der Waals surface area (Å²) < 4.78 is 22.2. The molecule has 0 bridgehead atoms. The predicted molar refractivity (Wildman–Crippen MR) is 139 cm³/mol. The van der Waals surface area contributed by atoms with Gasteiger partial charge in [0.1, 0.15) is 53.5 Å². The number of hydrogen-bond acceptors (Lipinski definition) is 13. The summed E-state index contributed by atoms with van der Waals surface area (Å²) in [6.07, 6.45) is -8.76. The number of carbonyl (C=O) groups excluding carboxylic acids is 1. The highest BCUT2D eigenvalue weighted by molar-refractivity contribution is 5.89. The van der Waals surface area contributed by atoms with Gasteiger partial charge in [0.25, 0.3) is 0 Å². The number of hydrogen-bond donors (Lipinski definition) is 7. The van der Waals surface area contributed by atoms with Gasteiger partial charge < -0.3 is 54.4 Å². The molecule has 13 heteroatoms. The first-order chi connectivity index (χ1) is 19.5. The predicted octanol–water partition coefficient (Wildman–Crippen LogP) is 1.33. The lowest BCUT2D eigenvalue weighted by Gasteiger charge is -2.39. The molecule has 0 aliphatic carbocycles. The minimum absolute atomic E-state index is 0.00337. The summed E-state index contributed by atoms with van der Waals surface area (Å²) in [4.78, 5) is 25.9. The van der Waals surface area contributed by atoms with Gasteiger partial charge >= 0.3 is 5.97 Å². The van der Waals surface area contributed by atoms with Crippen LogP contribution in [0.15, 0.2) is 69.9 Å². The first-order valence-electron chi connectivity index (χ1n) is 12.2. The van der Waals surface area contributed by atoms with Gasteiger partial charge in [0.2, 0.25) is 17.5 Å². The average molecular weight is 568 g/mol. The van der Waals surface area contributed by atoms with E-state index in [1.54, 1.807) is 18.2 Å². The minimum atomic E-state index is -1.92. The van der Waals surface area contributed by atoms with Gasteiger partial charge in [-0.05, 0) is 30.3 Å². The number of aliphatic hydroxyl groups is 3. The molecule has 1 aliphatic heterocycles. The van der Waals surface area contributed by atoms with Crippen molar-refractivity contribution in [2.24, 2.45) is 0 Å². The summed E-state index contributed by atoms with van der Waals surface area (Å²) in [6, 6.07) is 13.3. The molecule has 5 atom stereocenters. The number of aromatic hydroxyl groups is 4. The van der Waals surface area contributed by atoms with Gasteiger partial charge in [0, 0.05) is 17.7 Å². The minimum Gasteiger partial charge on any atom is -0.508 e. The first kappa shape index (κ1) is 27.7. The van der Waals surface area contributed by atoms with Crippen LogP contribution in [0, 0.1) is 0 Å². The van der Waals surface area contributed by atoms with Crippen molar-refractivity contribution in [3.63, 3.8) is 0 Å². The molecule has 5 unspecified atom stereocenters. The fourth-order valence-electron chi connectivity index (χ4n) is 4.31. The zero-order chi connectivity index (χ0) is 29.4. The molecule has 0 spiro atoms. The smallest absolute Gasteiger partial charge is 0.338 e. The molecular weight excluding hydrogens is 544 g/mol. The zero-order valence-corrected chi connectivity index (χ0v) is 20.9. The summed E-state index contributed by atoms with van der Waals surface area (Å²) in [5.74, 6) is -3.92. The van der Waals surface area contributed by atoms with Crippen LogP contribution in [0.3, 0.4) is 0 Å². The average Bonchev–Trinajstić information content (AvgIpc) is 2.95. The number of phenols is 4. The zero-order valence-electron chi connectivity index (χ0n) is 20.9. The Kier molecular flexibility index (Phi) is 7.43. The van der Waals surface area contributed by atoms with E-state index in [9.17, 15) is 45.3 Å². The van der Waals surface area contributed by atoms with Crippen molar-refractivity contribution < 1.29 is 59.2 Å². The van der Waals surface area contributed by atoms with Crippen molar-refractivity contribution in [1.29, 1.82) is 0 Å². The Morgan fingerprint density at radius 2 is 1.56 bits per heavy atom. The fraction of sp³-hybridized carbons (Fsp3) is 0.214.